The molecule has 0 aromatic rings. The van der Waals surface area contributed by atoms with Crippen molar-refractivity contribution in [1.82, 2.24) is 0 Å². The predicted molar refractivity (Wildman–Crippen MR) is 156 cm³/mol. The Bertz CT molecular complexity index is 1110. The fourth-order valence-electron chi connectivity index (χ4n) is 7.39. The summed E-state index contributed by atoms with van der Waals surface area (Å²) in [6.45, 7) is 12.3. The van der Waals surface area contributed by atoms with Crippen LogP contribution in [-0.4, -0.2) is 162 Å². The number of hydrogen-bond donors (Lipinski definition) is 4. The van der Waals surface area contributed by atoms with Crippen LogP contribution in [0.5, 0.6) is 0 Å². The average molecular weight is 711 g/mol. The van der Waals surface area contributed by atoms with Crippen molar-refractivity contribution < 1.29 is 86.7 Å². The second-order valence-corrected chi connectivity index (χ2v) is 15.2. The summed E-state index contributed by atoms with van der Waals surface area (Å²) in [6.07, 6.45) is -15.3. The van der Waals surface area contributed by atoms with Gasteiger partial charge in [-0.25, -0.2) is 0 Å². The molecule has 0 aromatic carbocycles. The van der Waals surface area contributed by atoms with Gasteiger partial charge in [0, 0.05) is 0 Å². The third-order valence-electron chi connectivity index (χ3n) is 9.45. The summed E-state index contributed by atoms with van der Waals surface area (Å²) >= 11 is 0. The highest BCUT2D eigenvalue weighted by atomic mass is 17.0. The third-order valence-corrected chi connectivity index (χ3v) is 9.45. The Morgan fingerprint density at radius 3 is 1.39 bits per heavy atom. The Morgan fingerprint density at radius 2 is 0.980 bits per heavy atom. The van der Waals surface area contributed by atoms with Crippen LogP contribution in [0.3, 0.4) is 0 Å². The van der Waals surface area contributed by atoms with Crippen LogP contribution < -0.4 is 0 Å². The molecule has 7 fully saturated rings. The number of aliphatic hydroxyl groups is 4. The van der Waals surface area contributed by atoms with Crippen LogP contribution >= 0.6 is 0 Å². The molecule has 7 aliphatic heterocycles. The molecule has 1 unspecified atom stereocenters. The van der Waals surface area contributed by atoms with Crippen LogP contribution in [0.1, 0.15) is 55.4 Å². The molecule has 7 aliphatic rings. The van der Waals surface area contributed by atoms with E-state index in [1.54, 1.807) is 55.4 Å². The van der Waals surface area contributed by atoms with Crippen molar-refractivity contribution in [1.29, 1.82) is 0 Å². The molecule has 16 atom stereocenters. The molecule has 7 saturated heterocycles. The molecule has 0 spiro atoms. The molecule has 282 valence electrons. The molecule has 0 saturated carbocycles. The lowest BCUT2D eigenvalue weighted by molar-refractivity contribution is -0.420. The number of fused-ring (bicyclic) bond motifs is 2. The second kappa shape index (κ2) is 13.0. The number of rotatable bonds is 10. The van der Waals surface area contributed by atoms with Crippen molar-refractivity contribution >= 4 is 0 Å². The van der Waals surface area contributed by atoms with Crippen LogP contribution in [0.15, 0.2) is 0 Å². The Balaban J connectivity index is 1.14. The quantitative estimate of drug-likeness (QED) is 0.199. The zero-order chi connectivity index (χ0) is 35.3. The molecular formula is C31H50O18. The zero-order valence-corrected chi connectivity index (χ0v) is 28.9. The highest BCUT2D eigenvalue weighted by molar-refractivity contribution is 5.01. The van der Waals surface area contributed by atoms with E-state index in [1.807, 2.05) is 0 Å². The summed E-state index contributed by atoms with van der Waals surface area (Å²) in [5.41, 5.74) is 0. The normalized spacial score (nSPS) is 49.0. The van der Waals surface area contributed by atoms with Crippen molar-refractivity contribution in [3.05, 3.63) is 0 Å². The Hall–Kier alpha value is -0.720. The van der Waals surface area contributed by atoms with Gasteiger partial charge in [-0.2, -0.15) is 0 Å². The minimum Gasteiger partial charge on any atom is -0.394 e. The van der Waals surface area contributed by atoms with Crippen molar-refractivity contribution in [3.8, 4) is 0 Å². The number of ether oxygens (including phenoxy) is 14. The minimum absolute atomic E-state index is 0.236. The summed E-state index contributed by atoms with van der Waals surface area (Å²) in [6, 6.07) is 0. The topological polar surface area (TPSA) is 210 Å². The summed E-state index contributed by atoms with van der Waals surface area (Å²) < 4.78 is 85.5. The molecule has 7 heterocycles. The van der Waals surface area contributed by atoms with Gasteiger partial charge in [0.25, 0.3) is 6.48 Å². The fourth-order valence-corrected chi connectivity index (χ4v) is 7.39. The molecule has 18 nitrogen and oxygen atoms in total. The highest BCUT2D eigenvalue weighted by Gasteiger charge is 2.63. The summed E-state index contributed by atoms with van der Waals surface area (Å²) in [7, 11) is 0. The summed E-state index contributed by atoms with van der Waals surface area (Å²) in [5.74, 6) is -3.68. The Labute approximate surface area is 283 Å². The maximum Gasteiger partial charge on any atom is 0.278 e. The number of hydrogen-bond acceptors (Lipinski definition) is 18. The summed E-state index contributed by atoms with van der Waals surface area (Å²) in [5, 5.41) is 41.1. The molecule has 0 aliphatic carbocycles. The van der Waals surface area contributed by atoms with Gasteiger partial charge in [0.15, 0.2) is 42.0 Å². The molecule has 7 rings (SSSR count). The molecule has 0 radical (unpaired) electrons. The average Bonchev–Trinajstić information content (AvgIpc) is 3.85. The van der Waals surface area contributed by atoms with Gasteiger partial charge in [0.1, 0.15) is 73.2 Å². The van der Waals surface area contributed by atoms with Crippen molar-refractivity contribution in [2.24, 2.45) is 0 Å². The van der Waals surface area contributed by atoms with E-state index in [0.717, 1.165) is 0 Å². The van der Waals surface area contributed by atoms with E-state index in [0.29, 0.717) is 0 Å². The largest absolute Gasteiger partial charge is 0.394 e. The zero-order valence-electron chi connectivity index (χ0n) is 28.9. The van der Waals surface area contributed by atoms with Crippen molar-refractivity contribution in [2.75, 3.05) is 19.8 Å². The van der Waals surface area contributed by atoms with E-state index >= 15 is 0 Å². The van der Waals surface area contributed by atoms with Crippen LogP contribution in [0.25, 0.3) is 0 Å². The monoisotopic (exact) mass is 710 g/mol. The lowest BCUT2D eigenvalue weighted by Gasteiger charge is -2.32. The van der Waals surface area contributed by atoms with Crippen LogP contribution in [0.2, 0.25) is 0 Å². The molecular weight excluding hydrogens is 660 g/mol. The van der Waals surface area contributed by atoms with Crippen molar-refractivity contribution in [3.63, 3.8) is 0 Å². The molecule has 0 amide bonds. The van der Waals surface area contributed by atoms with Gasteiger partial charge in [0.2, 0.25) is 0 Å². The molecule has 49 heavy (non-hydrogen) atoms. The predicted octanol–water partition coefficient (Wildman–Crippen LogP) is -1.09. The first-order chi connectivity index (χ1) is 22.8. The second-order valence-electron chi connectivity index (χ2n) is 15.2. The first kappa shape index (κ1) is 36.6. The van der Waals surface area contributed by atoms with E-state index in [1.165, 1.54) is 0 Å². The van der Waals surface area contributed by atoms with E-state index in [4.69, 9.17) is 66.3 Å². The molecule has 0 aromatic heterocycles. The maximum atomic E-state index is 10.8. The van der Waals surface area contributed by atoms with Gasteiger partial charge < -0.3 is 72.5 Å². The Kier molecular flexibility index (Phi) is 9.71. The van der Waals surface area contributed by atoms with Gasteiger partial charge in [-0.15, -0.1) is 0 Å². The van der Waals surface area contributed by atoms with E-state index in [9.17, 15) is 20.4 Å². The fraction of sp³-hybridized carbons (Fsp3) is 1.00. The molecule has 0 bridgehead atoms. The van der Waals surface area contributed by atoms with Gasteiger partial charge >= 0.3 is 0 Å². The smallest absolute Gasteiger partial charge is 0.278 e. The molecule has 18 heteroatoms. The first-order valence-electron chi connectivity index (χ1n) is 16.8. The van der Waals surface area contributed by atoms with Crippen molar-refractivity contribution in [2.45, 2.75) is 177 Å². The lowest BCUT2D eigenvalue weighted by atomic mass is 10.1. The first-order valence-corrected chi connectivity index (χ1v) is 16.8. The van der Waals surface area contributed by atoms with Gasteiger partial charge in [-0.1, -0.05) is 0 Å². The maximum absolute atomic E-state index is 10.8. The SMILES string of the molecule is CC1(C)O[C@@H]2[C@H](O1)[C@H](OC(O[C@H]1O[C@H]([C@H](O)CO)[C@H](O)[C@@H]1O)O[C@H]1O[C@H]([C@H]3COC(C)(C)O3)[C@@H]3OC(C)(C)O[C@H]13)O[C@@H]2[C@H]1COC(C)(C)O1. The van der Waals surface area contributed by atoms with Gasteiger partial charge in [-0.3, -0.25) is 14.2 Å². The lowest BCUT2D eigenvalue weighted by Crippen LogP contribution is -2.44. The third kappa shape index (κ3) is 7.29. The van der Waals surface area contributed by atoms with Crippen LogP contribution in [0, 0.1) is 0 Å². The van der Waals surface area contributed by atoms with Gasteiger partial charge in [-0.05, 0) is 55.4 Å². The van der Waals surface area contributed by atoms with E-state index < -0.39 is 128 Å². The number of aliphatic hydroxyl groups excluding tert-OH is 4. The van der Waals surface area contributed by atoms with E-state index in [2.05, 4.69) is 0 Å². The molecule has 4 N–H and O–H groups in total. The Morgan fingerprint density at radius 1 is 0.551 bits per heavy atom. The van der Waals surface area contributed by atoms with E-state index in [-0.39, 0.29) is 13.2 Å². The highest BCUT2D eigenvalue weighted by Crippen LogP contribution is 2.45. The van der Waals surface area contributed by atoms with Crippen LogP contribution in [-0.2, 0) is 66.3 Å². The standard InChI is InChI=1S/C31H50O18/c1-28(2)36-10-13(44-28)18-20-22(48-30(5,6)46-20)25(39-18)42-27(41-24-16(35)15(34)17(38-24)12(33)9-32)43-26-23-21(47-31(7,8)49-23)19(40-26)14-11-37-29(3,4)45-14/h12-27,32-35H,9-11H2,1-8H3/t12-,13-,14-,15-,16+,17-,18-,19-,20+,21+,22+,23+,24-,25-,26+,27?/m1/s1. The minimum atomic E-state index is -1.72. The van der Waals surface area contributed by atoms with Crippen LogP contribution in [0.4, 0.5) is 0 Å². The summed E-state index contributed by atoms with van der Waals surface area (Å²) in [4.78, 5) is 0. The van der Waals surface area contributed by atoms with Gasteiger partial charge in [0.05, 0.1) is 19.8 Å².